The van der Waals surface area contributed by atoms with Crippen LogP contribution in [-0.2, 0) is 17.9 Å². The normalized spacial score (nSPS) is 14.0. The quantitative estimate of drug-likeness (QED) is 0.718. The molecule has 1 heterocycles. The Labute approximate surface area is 83.1 Å². The number of hydrogen-bond donors (Lipinski definition) is 1. The first-order valence-electron chi connectivity index (χ1n) is 4.67. The first-order chi connectivity index (χ1) is 6.74. The van der Waals surface area contributed by atoms with Gasteiger partial charge in [-0.3, -0.25) is 0 Å². The van der Waals surface area contributed by atoms with Gasteiger partial charge in [-0.1, -0.05) is 6.07 Å². The standard InChI is InChI=1S/C11H13NO2/c1-7-8(5-12-2)3-4-9-10(7)6-14-11(9)13/h3-4,12H,5-6H2,1-2H3. The number of carbonyl (C=O) groups excluding carboxylic acids is 1. The Morgan fingerprint density at radius 1 is 1.50 bits per heavy atom. The van der Waals surface area contributed by atoms with E-state index in [9.17, 15) is 4.79 Å². The number of carbonyl (C=O) groups is 1. The zero-order valence-corrected chi connectivity index (χ0v) is 8.39. The van der Waals surface area contributed by atoms with Crippen molar-refractivity contribution >= 4 is 5.97 Å². The number of esters is 1. The highest BCUT2D eigenvalue weighted by Gasteiger charge is 2.23. The molecule has 0 saturated carbocycles. The molecule has 14 heavy (non-hydrogen) atoms. The predicted molar refractivity (Wildman–Crippen MR) is 53.1 cm³/mol. The Morgan fingerprint density at radius 3 is 3.00 bits per heavy atom. The SMILES string of the molecule is CNCc1ccc2c(c1C)COC2=O. The van der Waals surface area contributed by atoms with Crippen LogP contribution >= 0.6 is 0 Å². The highest BCUT2D eigenvalue weighted by atomic mass is 16.5. The van der Waals surface area contributed by atoms with Crippen molar-refractivity contribution in [1.29, 1.82) is 0 Å². The minimum absolute atomic E-state index is 0.195. The van der Waals surface area contributed by atoms with Crippen molar-refractivity contribution in [1.82, 2.24) is 5.32 Å². The number of fused-ring (bicyclic) bond motifs is 1. The molecular weight excluding hydrogens is 178 g/mol. The summed E-state index contributed by atoms with van der Waals surface area (Å²) in [5, 5.41) is 3.10. The lowest BCUT2D eigenvalue weighted by Crippen LogP contribution is -2.08. The van der Waals surface area contributed by atoms with Gasteiger partial charge >= 0.3 is 5.97 Å². The molecule has 0 unspecified atom stereocenters. The van der Waals surface area contributed by atoms with Gasteiger partial charge in [-0.2, -0.15) is 0 Å². The molecule has 0 fully saturated rings. The van der Waals surface area contributed by atoms with E-state index in [1.807, 2.05) is 26.1 Å². The summed E-state index contributed by atoms with van der Waals surface area (Å²) in [5.41, 5.74) is 4.16. The molecule has 3 nitrogen and oxygen atoms in total. The van der Waals surface area contributed by atoms with Crippen LogP contribution in [0.1, 0.15) is 27.0 Å². The average Bonchev–Trinajstić information content (AvgIpc) is 2.54. The van der Waals surface area contributed by atoms with E-state index < -0.39 is 0 Å². The zero-order chi connectivity index (χ0) is 10.1. The van der Waals surface area contributed by atoms with Gasteiger partial charge in [-0.05, 0) is 31.2 Å². The first-order valence-corrected chi connectivity index (χ1v) is 4.67. The lowest BCUT2D eigenvalue weighted by molar-refractivity contribution is 0.0535. The van der Waals surface area contributed by atoms with Crippen molar-refractivity contribution in [3.8, 4) is 0 Å². The van der Waals surface area contributed by atoms with E-state index in [1.54, 1.807) is 0 Å². The molecule has 0 bridgehead atoms. The fraction of sp³-hybridized carbons (Fsp3) is 0.364. The number of ether oxygens (including phenoxy) is 1. The van der Waals surface area contributed by atoms with Crippen LogP contribution < -0.4 is 5.32 Å². The van der Waals surface area contributed by atoms with E-state index >= 15 is 0 Å². The third-order valence-corrected chi connectivity index (χ3v) is 2.65. The van der Waals surface area contributed by atoms with Gasteiger partial charge in [0.15, 0.2) is 0 Å². The summed E-state index contributed by atoms with van der Waals surface area (Å²) in [4.78, 5) is 11.2. The van der Waals surface area contributed by atoms with Crippen LogP contribution in [0.4, 0.5) is 0 Å². The van der Waals surface area contributed by atoms with Gasteiger partial charge in [-0.25, -0.2) is 4.79 Å². The van der Waals surface area contributed by atoms with Gasteiger partial charge in [0.25, 0.3) is 0 Å². The average molecular weight is 191 g/mol. The molecule has 0 aromatic heterocycles. The van der Waals surface area contributed by atoms with E-state index in [-0.39, 0.29) is 5.97 Å². The largest absolute Gasteiger partial charge is 0.457 e. The predicted octanol–water partition coefficient (Wildman–Crippen LogP) is 1.38. The van der Waals surface area contributed by atoms with Crippen LogP contribution in [-0.4, -0.2) is 13.0 Å². The van der Waals surface area contributed by atoms with Crippen molar-refractivity contribution in [3.05, 3.63) is 34.4 Å². The Bertz CT molecular complexity index is 385. The lowest BCUT2D eigenvalue weighted by Gasteiger charge is -2.07. The monoisotopic (exact) mass is 191 g/mol. The van der Waals surface area contributed by atoms with E-state index in [0.717, 1.165) is 17.7 Å². The Balaban J connectivity index is 2.47. The van der Waals surface area contributed by atoms with Crippen molar-refractivity contribution in [3.63, 3.8) is 0 Å². The molecule has 3 heteroatoms. The third kappa shape index (κ3) is 1.30. The molecule has 0 atom stereocenters. The lowest BCUT2D eigenvalue weighted by atomic mass is 9.99. The van der Waals surface area contributed by atoms with E-state index in [2.05, 4.69) is 5.32 Å². The second-order valence-corrected chi connectivity index (χ2v) is 3.48. The van der Waals surface area contributed by atoms with Gasteiger partial charge in [0.1, 0.15) is 6.61 Å². The number of cyclic esters (lactones) is 1. The first kappa shape index (κ1) is 9.21. The molecule has 0 amide bonds. The Kier molecular flexibility index (Phi) is 2.25. The third-order valence-electron chi connectivity index (χ3n) is 2.65. The summed E-state index contributed by atoms with van der Waals surface area (Å²) in [6.07, 6.45) is 0. The van der Waals surface area contributed by atoms with Crippen LogP contribution in [0.5, 0.6) is 0 Å². The fourth-order valence-corrected chi connectivity index (χ4v) is 1.78. The molecule has 74 valence electrons. The maximum Gasteiger partial charge on any atom is 0.338 e. The summed E-state index contributed by atoms with van der Waals surface area (Å²) >= 11 is 0. The molecule has 1 N–H and O–H groups in total. The molecule has 0 aliphatic carbocycles. The second kappa shape index (κ2) is 3.42. The summed E-state index contributed by atoms with van der Waals surface area (Å²) < 4.78 is 4.98. The van der Waals surface area contributed by atoms with E-state index in [4.69, 9.17) is 4.74 Å². The maximum atomic E-state index is 11.2. The topological polar surface area (TPSA) is 38.3 Å². The van der Waals surface area contributed by atoms with Crippen LogP contribution in [0.15, 0.2) is 12.1 Å². The summed E-state index contributed by atoms with van der Waals surface area (Å²) in [7, 11) is 1.91. The number of rotatable bonds is 2. The Morgan fingerprint density at radius 2 is 2.29 bits per heavy atom. The highest BCUT2D eigenvalue weighted by molar-refractivity contribution is 5.93. The number of hydrogen-bond acceptors (Lipinski definition) is 3. The highest BCUT2D eigenvalue weighted by Crippen LogP contribution is 2.25. The Hall–Kier alpha value is -1.35. The molecular formula is C11H13NO2. The van der Waals surface area contributed by atoms with Crippen molar-refractivity contribution in [2.24, 2.45) is 0 Å². The van der Waals surface area contributed by atoms with Crippen LogP contribution in [0, 0.1) is 6.92 Å². The molecule has 0 radical (unpaired) electrons. The van der Waals surface area contributed by atoms with Crippen LogP contribution in [0.3, 0.4) is 0 Å². The molecule has 2 rings (SSSR count). The van der Waals surface area contributed by atoms with Gasteiger partial charge in [-0.15, -0.1) is 0 Å². The minimum Gasteiger partial charge on any atom is -0.457 e. The van der Waals surface area contributed by atoms with Gasteiger partial charge < -0.3 is 10.1 Å². The zero-order valence-electron chi connectivity index (χ0n) is 8.39. The van der Waals surface area contributed by atoms with Crippen molar-refractivity contribution < 1.29 is 9.53 Å². The van der Waals surface area contributed by atoms with Gasteiger partial charge in [0.2, 0.25) is 0 Å². The van der Waals surface area contributed by atoms with Crippen LogP contribution in [0.2, 0.25) is 0 Å². The number of benzene rings is 1. The van der Waals surface area contributed by atoms with E-state index in [0.29, 0.717) is 6.61 Å². The molecule has 1 aromatic carbocycles. The molecule has 0 spiro atoms. The van der Waals surface area contributed by atoms with Gasteiger partial charge in [0, 0.05) is 12.1 Å². The molecule has 1 aromatic rings. The minimum atomic E-state index is -0.195. The molecule has 1 aliphatic heterocycles. The summed E-state index contributed by atoms with van der Waals surface area (Å²) in [6, 6.07) is 3.83. The van der Waals surface area contributed by atoms with Crippen molar-refractivity contribution in [2.45, 2.75) is 20.1 Å². The van der Waals surface area contributed by atoms with E-state index in [1.165, 1.54) is 11.1 Å². The second-order valence-electron chi connectivity index (χ2n) is 3.48. The number of nitrogens with one attached hydrogen (secondary N) is 1. The van der Waals surface area contributed by atoms with Crippen molar-refractivity contribution in [2.75, 3.05) is 7.05 Å². The molecule has 1 aliphatic rings. The summed E-state index contributed by atoms with van der Waals surface area (Å²) in [5.74, 6) is -0.195. The summed E-state index contributed by atoms with van der Waals surface area (Å²) in [6.45, 7) is 3.29. The fourth-order valence-electron chi connectivity index (χ4n) is 1.78. The molecule has 0 saturated heterocycles. The van der Waals surface area contributed by atoms with Gasteiger partial charge in [0.05, 0.1) is 5.56 Å². The maximum absolute atomic E-state index is 11.2. The van der Waals surface area contributed by atoms with Crippen LogP contribution in [0.25, 0.3) is 0 Å². The smallest absolute Gasteiger partial charge is 0.338 e.